The van der Waals surface area contributed by atoms with Gasteiger partial charge in [-0.1, -0.05) is 48.9 Å². The Bertz CT molecular complexity index is 780. The molecule has 0 bridgehead atoms. The third kappa shape index (κ3) is 5.81. The van der Waals surface area contributed by atoms with Gasteiger partial charge in [-0.05, 0) is 36.1 Å². The summed E-state index contributed by atoms with van der Waals surface area (Å²) in [5.74, 6) is -0.216. The number of carbonyl (C=O) groups excluding carboxylic acids is 2. The van der Waals surface area contributed by atoms with Crippen molar-refractivity contribution in [3.8, 4) is 0 Å². The van der Waals surface area contributed by atoms with Crippen molar-refractivity contribution in [1.29, 1.82) is 0 Å². The van der Waals surface area contributed by atoms with E-state index in [1.807, 2.05) is 30.3 Å². The van der Waals surface area contributed by atoms with Gasteiger partial charge < -0.3 is 15.0 Å². The van der Waals surface area contributed by atoms with Crippen LogP contribution in [0.25, 0.3) is 0 Å². The van der Waals surface area contributed by atoms with Crippen molar-refractivity contribution in [2.75, 3.05) is 19.6 Å². The van der Waals surface area contributed by atoms with E-state index in [0.717, 1.165) is 30.4 Å². The smallest absolute Gasteiger partial charge is 0.407 e. The van der Waals surface area contributed by atoms with E-state index in [0.29, 0.717) is 13.1 Å². The second kappa shape index (κ2) is 9.88. The van der Waals surface area contributed by atoms with Crippen molar-refractivity contribution in [1.82, 2.24) is 10.2 Å². The van der Waals surface area contributed by atoms with Crippen LogP contribution in [-0.4, -0.2) is 36.5 Å². The Morgan fingerprint density at radius 3 is 2.57 bits per heavy atom. The van der Waals surface area contributed by atoms with Gasteiger partial charge in [0.2, 0.25) is 5.91 Å². The SMILES string of the molecule is O=C(NCC(=O)N1CCCCC(c2ccc(F)cc2)C1)OCc1ccccc1. The number of nitrogens with zero attached hydrogens (tertiary/aromatic N) is 1. The summed E-state index contributed by atoms with van der Waals surface area (Å²) < 4.78 is 18.3. The molecule has 2 aromatic carbocycles. The molecular weight excluding hydrogens is 359 g/mol. The molecule has 1 saturated heterocycles. The molecule has 28 heavy (non-hydrogen) atoms. The number of halogens is 1. The molecule has 0 spiro atoms. The molecule has 1 heterocycles. The van der Waals surface area contributed by atoms with E-state index >= 15 is 0 Å². The monoisotopic (exact) mass is 384 g/mol. The molecule has 1 unspecified atom stereocenters. The third-order valence-electron chi connectivity index (χ3n) is 4.96. The average molecular weight is 384 g/mol. The van der Waals surface area contributed by atoms with Crippen LogP contribution in [0.3, 0.4) is 0 Å². The lowest BCUT2D eigenvalue weighted by Crippen LogP contribution is -2.41. The highest BCUT2D eigenvalue weighted by atomic mass is 19.1. The minimum Gasteiger partial charge on any atom is -0.445 e. The van der Waals surface area contributed by atoms with Gasteiger partial charge in [0.25, 0.3) is 0 Å². The molecule has 0 aromatic heterocycles. The van der Waals surface area contributed by atoms with Crippen molar-refractivity contribution >= 4 is 12.0 Å². The van der Waals surface area contributed by atoms with E-state index in [4.69, 9.17) is 4.74 Å². The van der Waals surface area contributed by atoms with Crippen molar-refractivity contribution < 1.29 is 18.7 Å². The second-order valence-electron chi connectivity index (χ2n) is 7.00. The Morgan fingerprint density at radius 2 is 1.82 bits per heavy atom. The zero-order valence-corrected chi connectivity index (χ0v) is 15.8. The Balaban J connectivity index is 1.48. The Hall–Kier alpha value is -2.89. The molecular formula is C22H25FN2O3. The summed E-state index contributed by atoms with van der Waals surface area (Å²) >= 11 is 0. The highest BCUT2D eigenvalue weighted by Gasteiger charge is 2.23. The van der Waals surface area contributed by atoms with Gasteiger partial charge in [0.1, 0.15) is 19.0 Å². The predicted molar refractivity (Wildman–Crippen MR) is 104 cm³/mol. The fourth-order valence-electron chi connectivity index (χ4n) is 3.41. The van der Waals surface area contributed by atoms with E-state index in [1.165, 1.54) is 12.1 Å². The zero-order valence-electron chi connectivity index (χ0n) is 15.8. The molecule has 148 valence electrons. The maximum atomic E-state index is 13.2. The van der Waals surface area contributed by atoms with E-state index in [-0.39, 0.29) is 30.8 Å². The van der Waals surface area contributed by atoms with Gasteiger partial charge in [0, 0.05) is 19.0 Å². The molecule has 2 amide bonds. The first kappa shape index (κ1) is 19.9. The van der Waals surface area contributed by atoms with Crippen LogP contribution in [0.15, 0.2) is 54.6 Å². The van der Waals surface area contributed by atoms with Crippen LogP contribution in [0.4, 0.5) is 9.18 Å². The first-order valence-electron chi connectivity index (χ1n) is 9.59. The van der Waals surface area contributed by atoms with Crippen LogP contribution in [0.2, 0.25) is 0 Å². The van der Waals surface area contributed by atoms with Crippen LogP contribution in [-0.2, 0) is 16.1 Å². The molecule has 2 aromatic rings. The number of ether oxygens (including phenoxy) is 1. The molecule has 3 rings (SSSR count). The number of nitrogens with one attached hydrogen (secondary N) is 1. The highest BCUT2D eigenvalue weighted by Crippen LogP contribution is 2.26. The molecule has 1 fully saturated rings. The number of likely N-dealkylation sites (tertiary alicyclic amines) is 1. The summed E-state index contributed by atoms with van der Waals surface area (Å²) in [6.07, 6.45) is 2.28. The normalized spacial score (nSPS) is 16.9. The summed E-state index contributed by atoms with van der Waals surface area (Å²) in [5.41, 5.74) is 1.93. The van der Waals surface area contributed by atoms with Crippen molar-refractivity contribution in [3.05, 3.63) is 71.5 Å². The lowest BCUT2D eigenvalue weighted by molar-refractivity contribution is -0.130. The predicted octanol–water partition coefficient (Wildman–Crippen LogP) is 3.85. The summed E-state index contributed by atoms with van der Waals surface area (Å²) in [5, 5.41) is 2.53. The summed E-state index contributed by atoms with van der Waals surface area (Å²) in [4.78, 5) is 26.2. The quantitative estimate of drug-likeness (QED) is 0.852. The van der Waals surface area contributed by atoms with Crippen LogP contribution in [0.5, 0.6) is 0 Å². The first-order valence-corrected chi connectivity index (χ1v) is 9.59. The lowest BCUT2D eigenvalue weighted by atomic mass is 9.94. The average Bonchev–Trinajstić information content (AvgIpc) is 2.98. The molecule has 5 nitrogen and oxygen atoms in total. The summed E-state index contributed by atoms with van der Waals surface area (Å²) in [6.45, 7) is 1.31. The summed E-state index contributed by atoms with van der Waals surface area (Å²) in [7, 11) is 0. The molecule has 0 aliphatic carbocycles. The fraction of sp³-hybridized carbons (Fsp3) is 0.364. The molecule has 1 aliphatic heterocycles. The number of benzene rings is 2. The van der Waals surface area contributed by atoms with Crippen LogP contribution in [0.1, 0.15) is 36.3 Å². The van der Waals surface area contributed by atoms with Crippen LogP contribution >= 0.6 is 0 Å². The number of rotatable bonds is 5. The minimum absolute atomic E-state index is 0.0935. The maximum Gasteiger partial charge on any atom is 0.407 e. The molecule has 1 N–H and O–H groups in total. The number of carbonyl (C=O) groups is 2. The van der Waals surface area contributed by atoms with Gasteiger partial charge in [0.15, 0.2) is 0 Å². The van der Waals surface area contributed by atoms with Crippen LogP contribution < -0.4 is 5.32 Å². The third-order valence-corrected chi connectivity index (χ3v) is 4.96. The van der Waals surface area contributed by atoms with E-state index < -0.39 is 6.09 Å². The second-order valence-corrected chi connectivity index (χ2v) is 7.00. The standard InChI is InChI=1S/C22H25FN2O3/c23-20-11-9-18(10-12-20)19-8-4-5-13-25(15-19)21(26)14-24-22(27)28-16-17-6-2-1-3-7-17/h1-3,6-7,9-12,19H,4-5,8,13-16H2,(H,24,27). The topological polar surface area (TPSA) is 58.6 Å². The molecule has 0 radical (unpaired) electrons. The van der Waals surface area contributed by atoms with Gasteiger partial charge in [-0.2, -0.15) is 0 Å². The fourth-order valence-corrected chi connectivity index (χ4v) is 3.41. The van der Waals surface area contributed by atoms with Gasteiger partial charge in [-0.3, -0.25) is 4.79 Å². The van der Waals surface area contributed by atoms with Crippen molar-refractivity contribution in [2.24, 2.45) is 0 Å². The van der Waals surface area contributed by atoms with E-state index in [2.05, 4.69) is 5.32 Å². The minimum atomic E-state index is -0.609. The van der Waals surface area contributed by atoms with Gasteiger partial charge in [0.05, 0.1) is 0 Å². The highest BCUT2D eigenvalue weighted by molar-refractivity contribution is 5.82. The summed E-state index contributed by atoms with van der Waals surface area (Å²) in [6, 6.07) is 15.8. The first-order chi connectivity index (χ1) is 13.6. The molecule has 1 aliphatic rings. The molecule has 1 atom stereocenters. The lowest BCUT2D eigenvalue weighted by Gasteiger charge is -2.25. The molecule has 6 heteroatoms. The van der Waals surface area contributed by atoms with E-state index in [9.17, 15) is 14.0 Å². The number of hydrogen-bond donors (Lipinski definition) is 1. The Kier molecular flexibility index (Phi) is 7.00. The van der Waals surface area contributed by atoms with Crippen molar-refractivity contribution in [3.63, 3.8) is 0 Å². The largest absolute Gasteiger partial charge is 0.445 e. The van der Waals surface area contributed by atoms with E-state index in [1.54, 1.807) is 17.0 Å². The number of alkyl carbamates (subject to hydrolysis) is 1. The van der Waals surface area contributed by atoms with Crippen molar-refractivity contribution in [2.45, 2.75) is 31.8 Å². The zero-order chi connectivity index (χ0) is 19.8. The van der Waals surface area contributed by atoms with Gasteiger partial charge >= 0.3 is 6.09 Å². The number of amides is 2. The van der Waals surface area contributed by atoms with Gasteiger partial charge in [-0.25, -0.2) is 9.18 Å². The number of hydrogen-bond acceptors (Lipinski definition) is 3. The Morgan fingerprint density at radius 1 is 1.07 bits per heavy atom. The Labute approximate surface area is 164 Å². The van der Waals surface area contributed by atoms with Gasteiger partial charge in [-0.15, -0.1) is 0 Å². The maximum absolute atomic E-state index is 13.2. The molecule has 0 saturated carbocycles. The van der Waals surface area contributed by atoms with Crippen LogP contribution in [0, 0.1) is 5.82 Å².